The molecule has 0 aromatic heterocycles. The minimum atomic E-state index is -0.562. The Morgan fingerprint density at radius 2 is 1.97 bits per heavy atom. The number of benzene rings is 1. The van der Waals surface area contributed by atoms with Crippen molar-refractivity contribution in [1.29, 1.82) is 5.41 Å². The van der Waals surface area contributed by atoms with Crippen molar-refractivity contribution in [3.8, 4) is 0 Å². The SMILES string of the molecule is C\C=C(F)/C=C\C(=C\N(C)CCNC)Nc1cc(F)c(SNC(=N)/C=C(\O)C(C)(C)C)cc1Cl. The molecular weight excluding hydrogens is 480 g/mol. The van der Waals surface area contributed by atoms with E-state index in [2.05, 4.69) is 15.4 Å². The standard InChI is InChI=1S/C24H34ClF2N5OS/c1-7-16(26)8-9-17(15-32(6)11-10-29-5)30-20-13-19(27)21(12-18(20)25)34-31-23(28)14-22(33)24(2,3)4/h7-9,12-15,29-30,33H,10-11H2,1-6H3,(H2,28,31)/b9-8-,16-7+,17-15-,22-14-. The Morgan fingerprint density at radius 1 is 1.29 bits per heavy atom. The number of likely N-dealkylation sites (N-methyl/N-ethyl adjacent to an activating group) is 2. The highest BCUT2D eigenvalue weighted by molar-refractivity contribution is 7.98. The van der Waals surface area contributed by atoms with Gasteiger partial charge in [-0.05, 0) is 44.1 Å². The number of hydrogen-bond donors (Lipinski definition) is 5. The molecule has 0 bridgehead atoms. The van der Waals surface area contributed by atoms with E-state index in [1.807, 2.05) is 39.8 Å². The molecule has 10 heteroatoms. The van der Waals surface area contributed by atoms with Gasteiger partial charge in [0, 0.05) is 43.9 Å². The number of rotatable bonds is 11. The number of halogens is 3. The number of hydrogen-bond acceptors (Lipinski definition) is 6. The van der Waals surface area contributed by atoms with Crippen LogP contribution in [0, 0.1) is 16.6 Å². The monoisotopic (exact) mass is 513 g/mol. The first kappa shape index (κ1) is 29.5. The smallest absolute Gasteiger partial charge is 0.140 e. The summed E-state index contributed by atoms with van der Waals surface area (Å²) in [5, 5.41) is 24.3. The predicted molar refractivity (Wildman–Crippen MR) is 141 cm³/mol. The van der Waals surface area contributed by atoms with Crippen molar-refractivity contribution in [2.24, 2.45) is 5.41 Å². The Morgan fingerprint density at radius 3 is 2.56 bits per heavy atom. The van der Waals surface area contributed by atoms with Gasteiger partial charge in [-0.15, -0.1) is 0 Å². The van der Waals surface area contributed by atoms with Crippen molar-refractivity contribution >= 4 is 35.1 Å². The van der Waals surface area contributed by atoms with Crippen molar-refractivity contribution in [2.45, 2.75) is 32.6 Å². The summed E-state index contributed by atoms with van der Waals surface area (Å²) < 4.78 is 31.1. The van der Waals surface area contributed by atoms with E-state index in [1.165, 1.54) is 30.4 Å². The van der Waals surface area contributed by atoms with Gasteiger partial charge in [-0.3, -0.25) is 5.41 Å². The summed E-state index contributed by atoms with van der Waals surface area (Å²) in [6.45, 7) is 8.48. The number of aliphatic hydroxyl groups excluding tert-OH is 1. The van der Waals surface area contributed by atoms with Crippen LogP contribution in [-0.4, -0.2) is 43.0 Å². The summed E-state index contributed by atoms with van der Waals surface area (Å²) in [5.74, 6) is -1.02. The summed E-state index contributed by atoms with van der Waals surface area (Å²) in [6, 6.07) is 2.66. The molecule has 1 aromatic carbocycles. The van der Waals surface area contributed by atoms with E-state index >= 15 is 0 Å². The molecule has 6 nitrogen and oxygen atoms in total. The van der Waals surface area contributed by atoms with Crippen LogP contribution in [0.3, 0.4) is 0 Å². The van der Waals surface area contributed by atoms with E-state index in [4.69, 9.17) is 17.0 Å². The van der Waals surface area contributed by atoms with Crippen LogP contribution in [0.15, 0.2) is 64.8 Å². The molecular formula is C24H34ClF2N5OS. The highest BCUT2D eigenvalue weighted by Gasteiger charge is 2.17. The van der Waals surface area contributed by atoms with Crippen LogP contribution in [0.1, 0.15) is 27.7 Å². The molecule has 34 heavy (non-hydrogen) atoms. The Hall–Kier alpha value is -2.49. The molecule has 0 radical (unpaired) electrons. The molecule has 1 aromatic rings. The summed E-state index contributed by atoms with van der Waals surface area (Å²) in [7, 11) is 3.72. The molecule has 0 heterocycles. The molecule has 0 spiro atoms. The second kappa shape index (κ2) is 14.0. The van der Waals surface area contributed by atoms with Crippen LogP contribution in [0.4, 0.5) is 14.5 Å². The first-order valence-electron chi connectivity index (χ1n) is 10.6. The van der Waals surface area contributed by atoms with E-state index in [0.29, 0.717) is 17.9 Å². The maximum Gasteiger partial charge on any atom is 0.140 e. The molecule has 5 N–H and O–H groups in total. The fraction of sp³-hybridized carbons (Fsp3) is 0.375. The lowest BCUT2D eigenvalue weighted by Gasteiger charge is -2.18. The molecule has 0 fully saturated rings. The molecule has 0 saturated heterocycles. The van der Waals surface area contributed by atoms with Crippen LogP contribution >= 0.6 is 23.5 Å². The summed E-state index contributed by atoms with van der Waals surface area (Å²) in [4.78, 5) is 2.08. The second-order valence-corrected chi connectivity index (χ2v) is 9.72. The lowest BCUT2D eigenvalue weighted by Crippen LogP contribution is -2.24. The van der Waals surface area contributed by atoms with Crippen molar-refractivity contribution in [3.63, 3.8) is 0 Å². The second-order valence-electron chi connectivity index (χ2n) is 8.46. The van der Waals surface area contributed by atoms with Crippen LogP contribution in [0.5, 0.6) is 0 Å². The highest BCUT2D eigenvalue weighted by Crippen LogP contribution is 2.31. The minimum Gasteiger partial charge on any atom is -0.512 e. The van der Waals surface area contributed by atoms with E-state index in [-0.39, 0.29) is 21.5 Å². The van der Waals surface area contributed by atoms with Crippen LogP contribution in [0.25, 0.3) is 0 Å². The van der Waals surface area contributed by atoms with Gasteiger partial charge in [-0.2, -0.15) is 0 Å². The van der Waals surface area contributed by atoms with Gasteiger partial charge >= 0.3 is 0 Å². The van der Waals surface area contributed by atoms with Gasteiger partial charge in [-0.25, -0.2) is 8.78 Å². The topological polar surface area (TPSA) is 83.4 Å². The third-order valence-corrected chi connectivity index (χ3v) is 5.56. The van der Waals surface area contributed by atoms with Crippen molar-refractivity contribution in [3.05, 3.63) is 70.8 Å². The first-order chi connectivity index (χ1) is 15.9. The fourth-order valence-corrected chi connectivity index (χ4v) is 3.21. The molecule has 0 aliphatic carbocycles. The largest absolute Gasteiger partial charge is 0.512 e. The molecule has 0 atom stereocenters. The normalized spacial score (nSPS) is 13.4. The molecule has 0 amide bonds. The van der Waals surface area contributed by atoms with E-state index < -0.39 is 17.1 Å². The Kier molecular flexibility index (Phi) is 12.2. The molecule has 0 saturated carbocycles. The van der Waals surface area contributed by atoms with Crippen molar-refractivity contribution in [2.75, 3.05) is 32.5 Å². The zero-order valence-electron chi connectivity index (χ0n) is 20.4. The minimum absolute atomic E-state index is 0.0325. The molecule has 188 valence electrons. The van der Waals surface area contributed by atoms with Gasteiger partial charge in [0.25, 0.3) is 0 Å². The maximum atomic E-state index is 14.8. The van der Waals surface area contributed by atoms with E-state index in [1.54, 1.807) is 19.2 Å². The zero-order chi connectivity index (χ0) is 25.9. The van der Waals surface area contributed by atoms with Crippen molar-refractivity contribution < 1.29 is 13.9 Å². The molecule has 0 unspecified atom stereocenters. The number of allylic oxidation sites excluding steroid dienone is 5. The zero-order valence-corrected chi connectivity index (χ0v) is 22.0. The highest BCUT2D eigenvalue weighted by atomic mass is 35.5. The lowest BCUT2D eigenvalue weighted by atomic mass is 9.93. The average Bonchev–Trinajstić information content (AvgIpc) is 2.76. The van der Waals surface area contributed by atoms with Crippen LogP contribution in [-0.2, 0) is 0 Å². The predicted octanol–water partition coefficient (Wildman–Crippen LogP) is 6.38. The number of aliphatic hydroxyl groups is 1. The third-order valence-electron chi connectivity index (χ3n) is 4.39. The summed E-state index contributed by atoms with van der Waals surface area (Å²) >= 11 is 7.25. The van der Waals surface area contributed by atoms with E-state index in [0.717, 1.165) is 18.5 Å². The summed E-state index contributed by atoms with van der Waals surface area (Å²) in [5.41, 5.74) is 0.319. The Bertz CT molecular complexity index is 971. The first-order valence-corrected chi connectivity index (χ1v) is 11.8. The number of anilines is 1. The molecule has 1 rings (SSSR count). The van der Waals surface area contributed by atoms with Crippen LogP contribution in [0.2, 0.25) is 5.02 Å². The van der Waals surface area contributed by atoms with Crippen LogP contribution < -0.4 is 15.4 Å². The van der Waals surface area contributed by atoms with Gasteiger partial charge < -0.3 is 25.4 Å². The van der Waals surface area contributed by atoms with Gasteiger partial charge in [0.1, 0.15) is 23.2 Å². The van der Waals surface area contributed by atoms with Gasteiger partial charge in [0.2, 0.25) is 0 Å². The van der Waals surface area contributed by atoms with E-state index in [9.17, 15) is 13.9 Å². The molecule has 0 aliphatic rings. The maximum absolute atomic E-state index is 14.8. The van der Waals surface area contributed by atoms with Gasteiger partial charge in [-0.1, -0.05) is 38.4 Å². The lowest BCUT2D eigenvalue weighted by molar-refractivity contribution is 0.278. The van der Waals surface area contributed by atoms with Gasteiger partial charge in [0.05, 0.1) is 21.3 Å². The fourth-order valence-electron chi connectivity index (χ4n) is 2.32. The summed E-state index contributed by atoms with van der Waals surface area (Å²) in [6.07, 6.45) is 7.22. The number of nitrogens with zero attached hydrogens (tertiary/aromatic N) is 1. The van der Waals surface area contributed by atoms with Crippen molar-refractivity contribution in [1.82, 2.24) is 14.9 Å². The quantitative estimate of drug-likeness (QED) is 0.0776. The number of nitrogens with one attached hydrogen (secondary N) is 4. The average molecular weight is 514 g/mol. The molecule has 0 aliphatic heterocycles. The number of amidine groups is 1. The Balaban J connectivity index is 3.06. The Labute approximate surface area is 210 Å². The third kappa shape index (κ3) is 10.6. The van der Waals surface area contributed by atoms with Gasteiger partial charge in [0.15, 0.2) is 0 Å².